The van der Waals surface area contributed by atoms with Crippen LogP contribution in [-0.2, 0) is 4.79 Å². The molecule has 0 radical (unpaired) electrons. The number of aromatic nitrogens is 1. The first-order valence-electron chi connectivity index (χ1n) is 8.99. The van der Waals surface area contributed by atoms with E-state index in [1.165, 1.54) is 0 Å². The lowest BCUT2D eigenvalue weighted by atomic mass is 9.95. The number of piperidine rings is 1. The number of likely N-dealkylation sites (tertiary alicyclic amines) is 1. The van der Waals surface area contributed by atoms with E-state index in [0.717, 1.165) is 5.75 Å². The van der Waals surface area contributed by atoms with Gasteiger partial charge in [0.15, 0.2) is 0 Å². The van der Waals surface area contributed by atoms with Crippen LogP contribution in [0.15, 0.2) is 48.8 Å². The summed E-state index contributed by atoms with van der Waals surface area (Å²) in [6.45, 7) is 1.99. The van der Waals surface area contributed by atoms with Crippen molar-refractivity contribution in [2.24, 2.45) is 5.92 Å². The van der Waals surface area contributed by atoms with E-state index in [-0.39, 0.29) is 17.7 Å². The average Bonchev–Trinajstić information content (AvgIpc) is 2.72. The molecule has 0 spiro atoms. The Morgan fingerprint density at radius 3 is 2.59 bits per heavy atom. The summed E-state index contributed by atoms with van der Waals surface area (Å²) in [5.74, 6) is 0.635. The molecule has 0 bridgehead atoms. The van der Waals surface area contributed by atoms with Gasteiger partial charge in [-0.3, -0.25) is 14.6 Å². The third kappa shape index (κ3) is 5.44. The molecule has 2 aromatic rings. The van der Waals surface area contributed by atoms with Crippen molar-refractivity contribution in [3.63, 3.8) is 0 Å². The summed E-state index contributed by atoms with van der Waals surface area (Å²) in [6, 6.07) is 10.6. The Hall–Kier alpha value is -2.60. The van der Waals surface area contributed by atoms with Crippen LogP contribution in [0.5, 0.6) is 5.75 Å². The van der Waals surface area contributed by atoms with Gasteiger partial charge in [0, 0.05) is 36.4 Å². The Morgan fingerprint density at radius 2 is 1.93 bits per heavy atom. The number of nitrogens with one attached hydrogen (secondary N) is 1. The molecule has 2 amide bonds. The highest BCUT2D eigenvalue weighted by Gasteiger charge is 2.27. The molecule has 6 nitrogen and oxygen atoms in total. The molecule has 1 aliphatic heterocycles. The summed E-state index contributed by atoms with van der Waals surface area (Å²) in [5.41, 5.74) is 0.583. The van der Waals surface area contributed by atoms with Gasteiger partial charge in [0.25, 0.3) is 5.91 Å². The van der Waals surface area contributed by atoms with Crippen molar-refractivity contribution >= 4 is 23.4 Å². The molecule has 3 rings (SSSR count). The number of rotatable bonds is 6. The molecule has 1 N–H and O–H groups in total. The van der Waals surface area contributed by atoms with E-state index in [4.69, 9.17) is 16.3 Å². The van der Waals surface area contributed by atoms with Gasteiger partial charge >= 0.3 is 0 Å². The molecular weight excluding hydrogens is 366 g/mol. The second kappa shape index (κ2) is 9.37. The summed E-state index contributed by atoms with van der Waals surface area (Å²) in [6.07, 6.45) is 4.54. The molecule has 1 aromatic heterocycles. The van der Waals surface area contributed by atoms with Crippen molar-refractivity contribution in [3.8, 4) is 5.75 Å². The van der Waals surface area contributed by atoms with Crippen molar-refractivity contribution in [1.82, 2.24) is 15.2 Å². The zero-order chi connectivity index (χ0) is 19.1. The second-order valence-electron chi connectivity index (χ2n) is 6.40. The summed E-state index contributed by atoms with van der Waals surface area (Å²) in [4.78, 5) is 30.5. The number of nitrogens with zero attached hydrogens (tertiary/aromatic N) is 2. The standard InChI is InChI=1S/C20H22ClN3O3/c21-17-3-5-18(6-4-17)27-13-10-23-19(25)15-7-11-24(12-8-15)20(26)16-2-1-9-22-14-16/h1-6,9,14-15H,7-8,10-13H2,(H,23,25). The van der Waals surface area contributed by atoms with Gasteiger partial charge in [0.1, 0.15) is 12.4 Å². The molecule has 1 aromatic carbocycles. The third-order valence-electron chi connectivity index (χ3n) is 4.55. The SMILES string of the molecule is O=C(NCCOc1ccc(Cl)cc1)C1CCN(C(=O)c2cccnc2)CC1. The van der Waals surface area contributed by atoms with E-state index in [2.05, 4.69) is 10.3 Å². The number of hydrogen-bond acceptors (Lipinski definition) is 4. The molecule has 1 aliphatic rings. The first-order valence-corrected chi connectivity index (χ1v) is 9.36. The van der Waals surface area contributed by atoms with E-state index >= 15 is 0 Å². The van der Waals surface area contributed by atoms with Crippen LogP contribution in [0.1, 0.15) is 23.2 Å². The lowest BCUT2D eigenvalue weighted by molar-refractivity contribution is -0.126. The highest BCUT2D eigenvalue weighted by Crippen LogP contribution is 2.19. The number of carbonyl (C=O) groups excluding carboxylic acids is 2. The highest BCUT2D eigenvalue weighted by molar-refractivity contribution is 6.30. The van der Waals surface area contributed by atoms with Crippen LogP contribution >= 0.6 is 11.6 Å². The molecule has 0 unspecified atom stereocenters. The predicted octanol–water partition coefficient (Wildman–Crippen LogP) is 2.78. The van der Waals surface area contributed by atoms with E-state index in [1.807, 2.05) is 0 Å². The quantitative estimate of drug-likeness (QED) is 0.773. The minimum atomic E-state index is -0.0709. The zero-order valence-electron chi connectivity index (χ0n) is 14.9. The van der Waals surface area contributed by atoms with Gasteiger partial charge in [-0.15, -0.1) is 0 Å². The van der Waals surface area contributed by atoms with Gasteiger partial charge in [-0.1, -0.05) is 11.6 Å². The van der Waals surface area contributed by atoms with Gasteiger partial charge in [-0.25, -0.2) is 0 Å². The Balaban J connectivity index is 1.37. The van der Waals surface area contributed by atoms with Crippen LogP contribution in [0, 0.1) is 5.92 Å². The first-order chi connectivity index (χ1) is 13.1. The lowest BCUT2D eigenvalue weighted by Crippen LogP contribution is -2.43. The minimum Gasteiger partial charge on any atom is -0.492 e. The van der Waals surface area contributed by atoms with Crippen molar-refractivity contribution in [2.75, 3.05) is 26.2 Å². The number of amides is 2. The molecule has 0 aliphatic carbocycles. The van der Waals surface area contributed by atoms with Crippen LogP contribution in [0.3, 0.4) is 0 Å². The number of carbonyl (C=O) groups is 2. The van der Waals surface area contributed by atoms with Gasteiger partial charge in [0.2, 0.25) is 5.91 Å². The van der Waals surface area contributed by atoms with E-state index in [0.29, 0.717) is 49.7 Å². The monoisotopic (exact) mass is 387 g/mol. The molecule has 142 valence electrons. The average molecular weight is 388 g/mol. The van der Waals surface area contributed by atoms with Crippen LogP contribution < -0.4 is 10.1 Å². The number of benzene rings is 1. The van der Waals surface area contributed by atoms with Gasteiger partial charge in [-0.05, 0) is 49.2 Å². The molecular formula is C20H22ClN3O3. The fraction of sp³-hybridized carbons (Fsp3) is 0.350. The van der Waals surface area contributed by atoms with E-state index in [1.54, 1.807) is 53.7 Å². The molecule has 2 heterocycles. The maximum atomic E-state index is 12.4. The largest absolute Gasteiger partial charge is 0.492 e. The van der Waals surface area contributed by atoms with Crippen LogP contribution in [0.4, 0.5) is 0 Å². The number of halogens is 1. The van der Waals surface area contributed by atoms with Gasteiger partial charge < -0.3 is 15.0 Å². The highest BCUT2D eigenvalue weighted by atomic mass is 35.5. The van der Waals surface area contributed by atoms with Crippen LogP contribution in [-0.4, -0.2) is 47.9 Å². The Morgan fingerprint density at radius 1 is 1.19 bits per heavy atom. The Bertz CT molecular complexity index is 760. The van der Waals surface area contributed by atoms with Crippen molar-refractivity contribution in [3.05, 3.63) is 59.4 Å². The predicted molar refractivity (Wildman–Crippen MR) is 103 cm³/mol. The summed E-state index contributed by atoms with van der Waals surface area (Å²) >= 11 is 5.82. The molecule has 0 atom stereocenters. The minimum absolute atomic E-state index is 0.0168. The number of ether oxygens (including phenoxy) is 1. The second-order valence-corrected chi connectivity index (χ2v) is 6.84. The third-order valence-corrected chi connectivity index (χ3v) is 4.80. The molecule has 27 heavy (non-hydrogen) atoms. The van der Waals surface area contributed by atoms with Crippen molar-refractivity contribution < 1.29 is 14.3 Å². The molecule has 1 fully saturated rings. The van der Waals surface area contributed by atoms with Crippen molar-refractivity contribution in [2.45, 2.75) is 12.8 Å². The van der Waals surface area contributed by atoms with Crippen LogP contribution in [0.2, 0.25) is 5.02 Å². The summed E-state index contributed by atoms with van der Waals surface area (Å²) < 4.78 is 5.56. The lowest BCUT2D eigenvalue weighted by Gasteiger charge is -2.31. The Kier molecular flexibility index (Phi) is 6.65. The van der Waals surface area contributed by atoms with Crippen molar-refractivity contribution in [1.29, 1.82) is 0 Å². The topological polar surface area (TPSA) is 71.5 Å². The van der Waals surface area contributed by atoms with Crippen LogP contribution in [0.25, 0.3) is 0 Å². The number of pyridine rings is 1. The van der Waals surface area contributed by atoms with Gasteiger partial charge in [0.05, 0.1) is 12.1 Å². The molecule has 7 heteroatoms. The molecule has 1 saturated heterocycles. The maximum Gasteiger partial charge on any atom is 0.255 e. The zero-order valence-corrected chi connectivity index (χ0v) is 15.7. The fourth-order valence-corrected chi connectivity index (χ4v) is 3.16. The van der Waals surface area contributed by atoms with E-state index in [9.17, 15) is 9.59 Å². The van der Waals surface area contributed by atoms with E-state index < -0.39 is 0 Å². The normalized spacial score (nSPS) is 14.6. The molecule has 0 saturated carbocycles. The summed E-state index contributed by atoms with van der Waals surface area (Å²) in [5, 5.41) is 3.56. The number of hydrogen-bond donors (Lipinski definition) is 1. The maximum absolute atomic E-state index is 12.4. The first kappa shape index (κ1) is 19.2. The Labute approximate surface area is 163 Å². The fourth-order valence-electron chi connectivity index (χ4n) is 3.03. The summed E-state index contributed by atoms with van der Waals surface area (Å²) in [7, 11) is 0. The smallest absolute Gasteiger partial charge is 0.255 e. The van der Waals surface area contributed by atoms with Gasteiger partial charge in [-0.2, -0.15) is 0 Å².